The predicted molar refractivity (Wildman–Crippen MR) is 124 cm³/mol. The van der Waals surface area contributed by atoms with Crippen molar-refractivity contribution in [2.24, 2.45) is 0 Å². The quantitative estimate of drug-likeness (QED) is 0.212. The number of furan rings is 1. The number of benzene rings is 3. The topological polar surface area (TPSA) is 121 Å². The SMILES string of the molecule is CCOc1ccc(C(=O)c2oc3ccccc3c2NC(=O)COc2ccc([N+](=O)[O-])cc2)cc1. The largest absolute Gasteiger partial charge is 0.494 e. The Balaban J connectivity index is 1.54. The average molecular weight is 460 g/mol. The van der Waals surface area contributed by atoms with Gasteiger partial charge in [-0.3, -0.25) is 19.7 Å². The van der Waals surface area contributed by atoms with Gasteiger partial charge in [0.05, 0.1) is 17.2 Å². The Kier molecular flexibility index (Phi) is 6.54. The zero-order valence-corrected chi connectivity index (χ0v) is 18.1. The molecule has 0 saturated heterocycles. The van der Waals surface area contributed by atoms with E-state index in [4.69, 9.17) is 13.9 Å². The number of carbonyl (C=O) groups excluding carboxylic acids is 2. The van der Waals surface area contributed by atoms with Gasteiger partial charge >= 0.3 is 0 Å². The Hall–Kier alpha value is -4.66. The summed E-state index contributed by atoms with van der Waals surface area (Å²) >= 11 is 0. The fourth-order valence-electron chi connectivity index (χ4n) is 3.32. The van der Waals surface area contributed by atoms with E-state index < -0.39 is 16.6 Å². The molecule has 1 heterocycles. The second-order valence-corrected chi connectivity index (χ2v) is 7.18. The highest BCUT2D eigenvalue weighted by molar-refractivity contribution is 6.17. The number of rotatable bonds is 9. The van der Waals surface area contributed by atoms with E-state index in [0.717, 1.165) is 0 Å². The first-order chi connectivity index (χ1) is 16.5. The molecule has 1 amide bonds. The second kappa shape index (κ2) is 9.86. The van der Waals surface area contributed by atoms with Crippen LogP contribution in [0.3, 0.4) is 0 Å². The van der Waals surface area contributed by atoms with Crippen LogP contribution in [0.25, 0.3) is 11.0 Å². The van der Waals surface area contributed by atoms with Crippen molar-refractivity contribution in [1.29, 1.82) is 0 Å². The molecule has 0 spiro atoms. The van der Waals surface area contributed by atoms with Crippen LogP contribution in [0.4, 0.5) is 11.4 Å². The summed E-state index contributed by atoms with van der Waals surface area (Å²) in [5, 5.41) is 14.0. The lowest BCUT2D eigenvalue weighted by Crippen LogP contribution is -2.21. The summed E-state index contributed by atoms with van der Waals surface area (Å²) in [5.74, 6) is 0.00888. The third-order valence-corrected chi connectivity index (χ3v) is 4.91. The van der Waals surface area contributed by atoms with Crippen molar-refractivity contribution in [3.8, 4) is 11.5 Å². The van der Waals surface area contributed by atoms with Crippen molar-refractivity contribution < 1.29 is 28.4 Å². The fraction of sp³-hybridized carbons (Fsp3) is 0.120. The normalized spacial score (nSPS) is 10.6. The number of hydrogen-bond donors (Lipinski definition) is 1. The molecule has 0 atom stereocenters. The van der Waals surface area contributed by atoms with Crippen LogP contribution >= 0.6 is 0 Å². The van der Waals surface area contributed by atoms with E-state index >= 15 is 0 Å². The van der Waals surface area contributed by atoms with Crippen molar-refractivity contribution in [3.63, 3.8) is 0 Å². The van der Waals surface area contributed by atoms with Gasteiger partial charge in [-0.15, -0.1) is 0 Å². The number of ketones is 1. The summed E-state index contributed by atoms with van der Waals surface area (Å²) in [5.41, 5.74) is 0.981. The zero-order chi connectivity index (χ0) is 24.1. The standard InChI is InChI=1S/C25H20N2O7/c1-2-32-18-11-7-16(8-12-18)24(29)25-23(20-5-3-4-6-21(20)34-25)26-22(28)15-33-19-13-9-17(10-14-19)27(30)31/h3-14H,2,15H2,1H3,(H,26,28). The molecule has 9 nitrogen and oxygen atoms in total. The van der Waals surface area contributed by atoms with E-state index in [0.29, 0.717) is 34.6 Å². The first kappa shape index (κ1) is 22.5. The Labute approximate surface area is 194 Å². The summed E-state index contributed by atoms with van der Waals surface area (Å²) in [7, 11) is 0. The number of hydrogen-bond acceptors (Lipinski definition) is 7. The number of ether oxygens (including phenoxy) is 2. The summed E-state index contributed by atoms with van der Waals surface area (Å²) in [6.45, 7) is 2.01. The molecule has 0 aliphatic rings. The molecule has 9 heteroatoms. The Morgan fingerprint density at radius 3 is 2.26 bits per heavy atom. The van der Waals surface area contributed by atoms with Gasteiger partial charge in [0.15, 0.2) is 12.4 Å². The second-order valence-electron chi connectivity index (χ2n) is 7.18. The van der Waals surface area contributed by atoms with Gasteiger partial charge in [0, 0.05) is 23.1 Å². The minimum Gasteiger partial charge on any atom is -0.494 e. The molecule has 3 aromatic carbocycles. The minimum atomic E-state index is -0.524. The molecular formula is C25H20N2O7. The van der Waals surface area contributed by atoms with Gasteiger partial charge in [0.1, 0.15) is 17.1 Å². The number of amides is 1. The lowest BCUT2D eigenvalue weighted by molar-refractivity contribution is -0.384. The van der Waals surface area contributed by atoms with Crippen molar-refractivity contribution in [3.05, 3.63) is 94.2 Å². The third-order valence-electron chi connectivity index (χ3n) is 4.91. The van der Waals surface area contributed by atoms with Crippen molar-refractivity contribution in [1.82, 2.24) is 0 Å². The molecule has 0 aliphatic carbocycles. The van der Waals surface area contributed by atoms with Gasteiger partial charge in [-0.2, -0.15) is 0 Å². The first-order valence-electron chi connectivity index (χ1n) is 10.4. The maximum Gasteiger partial charge on any atom is 0.269 e. The number of anilines is 1. The molecule has 172 valence electrons. The van der Waals surface area contributed by atoms with E-state index in [9.17, 15) is 19.7 Å². The van der Waals surface area contributed by atoms with E-state index in [-0.39, 0.29) is 23.7 Å². The molecule has 0 unspecified atom stereocenters. The van der Waals surface area contributed by atoms with E-state index in [2.05, 4.69) is 5.32 Å². The van der Waals surface area contributed by atoms with Gasteiger partial charge in [0.25, 0.3) is 11.6 Å². The Morgan fingerprint density at radius 1 is 0.941 bits per heavy atom. The van der Waals surface area contributed by atoms with E-state index in [1.54, 1.807) is 48.5 Å². The molecule has 0 bridgehead atoms. The smallest absolute Gasteiger partial charge is 0.269 e. The van der Waals surface area contributed by atoms with Gasteiger partial charge in [-0.05, 0) is 55.5 Å². The number of fused-ring (bicyclic) bond motifs is 1. The highest BCUT2D eigenvalue weighted by atomic mass is 16.6. The van der Waals surface area contributed by atoms with Gasteiger partial charge < -0.3 is 19.2 Å². The Bertz CT molecular complexity index is 1340. The van der Waals surface area contributed by atoms with Crippen LogP contribution in [0.5, 0.6) is 11.5 Å². The molecule has 0 fully saturated rings. The highest BCUT2D eigenvalue weighted by Gasteiger charge is 2.23. The number of carbonyl (C=O) groups is 2. The van der Waals surface area contributed by atoms with E-state index in [1.165, 1.54) is 24.3 Å². The number of nitro benzene ring substituents is 1. The maximum atomic E-state index is 13.2. The van der Waals surface area contributed by atoms with E-state index in [1.807, 2.05) is 6.92 Å². The van der Waals surface area contributed by atoms with Crippen LogP contribution in [0.1, 0.15) is 23.0 Å². The van der Waals surface area contributed by atoms with Gasteiger partial charge in [-0.1, -0.05) is 12.1 Å². The summed E-state index contributed by atoms with van der Waals surface area (Å²) < 4.78 is 16.6. The fourth-order valence-corrected chi connectivity index (χ4v) is 3.32. The molecule has 0 radical (unpaired) electrons. The number of non-ortho nitro benzene ring substituents is 1. The van der Waals surface area contributed by atoms with Crippen LogP contribution in [-0.4, -0.2) is 29.8 Å². The molecular weight excluding hydrogens is 440 g/mol. The molecule has 4 rings (SSSR count). The molecule has 34 heavy (non-hydrogen) atoms. The molecule has 1 N–H and O–H groups in total. The summed E-state index contributed by atoms with van der Waals surface area (Å²) in [4.78, 5) is 36.0. The average Bonchev–Trinajstić information content (AvgIpc) is 3.21. The third kappa shape index (κ3) is 4.88. The lowest BCUT2D eigenvalue weighted by Gasteiger charge is -2.08. The van der Waals surface area contributed by atoms with Crippen molar-refractivity contribution in [2.75, 3.05) is 18.5 Å². The van der Waals surface area contributed by atoms with Crippen molar-refractivity contribution >= 4 is 34.0 Å². The number of para-hydroxylation sites is 1. The highest BCUT2D eigenvalue weighted by Crippen LogP contribution is 2.33. The summed E-state index contributed by atoms with van der Waals surface area (Å²) in [6.07, 6.45) is 0. The predicted octanol–water partition coefficient (Wildman–Crippen LogP) is 4.99. The minimum absolute atomic E-state index is 0.00551. The molecule has 0 saturated carbocycles. The lowest BCUT2D eigenvalue weighted by atomic mass is 10.1. The van der Waals surface area contributed by atoms with Crippen molar-refractivity contribution in [2.45, 2.75) is 6.92 Å². The van der Waals surface area contributed by atoms with Gasteiger partial charge in [0.2, 0.25) is 5.78 Å². The molecule has 0 aliphatic heterocycles. The van der Waals surface area contributed by atoms with Crippen LogP contribution in [-0.2, 0) is 4.79 Å². The zero-order valence-electron chi connectivity index (χ0n) is 18.1. The van der Waals surface area contributed by atoms with Crippen LogP contribution in [0.15, 0.2) is 77.2 Å². The molecule has 4 aromatic rings. The van der Waals surface area contributed by atoms with Gasteiger partial charge in [-0.25, -0.2) is 0 Å². The van der Waals surface area contributed by atoms with Crippen LogP contribution < -0.4 is 14.8 Å². The maximum absolute atomic E-state index is 13.2. The van der Waals surface area contributed by atoms with Crippen LogP contribution in [0, 0.1) is 10.1 Å². The summed E-state index contributed by atoms with van der Waals surface area (Å²) in [6, 6.07) is 19.0. The Morgan fingerprint density at radius 2 is 1.59 bits per heavy atom. The number of nitro groups is 1. The number of nitrogens with one attached hydrogen (secondary N) is 1. The molecule has 1 aromatic heterocycles. The first-order valence-corrected chi connectivity index (χ1v) is 10.4. The number of nitrogens with zero attached hydrogens (tertiary/aromatic N) is 1. The monoisotopic (exact) mass is 460 g/mol. The van der Waals surface area contributed by atoms with Crippen LogP contribution in [0.2, 0.25) is 0 Å².